The second-order valence-electron chi connectivity index (χ2n) is 4.81. The maximum absolute atomic E-state index is 12.8. The predicted octanol–water partition coefficient (Wildman–Crippen LogP) is 4.06. The van der Waals surface area contributed by atoms with Crippen LogP contribution in [0.3, 0.4) is 0 Å². The van der Waals surface area contributed by atoms with Gasteiger partial charge in [-0.1, -0.05) is 34.1 Å². The van der Waals surface area contributed by atoms with Gasteiger partial charge in [-0.3, -0.25) is 4.79 Å². The van der Waals surface area contributed by atoms with Crippen molar-refractivity contribution in [3.05, 3.63) is 64.4 Å². The zero-order valence-electron chi connectivity index (χ0n) is 12.0. The Balaban J connectivity index is 1.62. The summed E-state index contributed by atoms with van der Waals surface area (Å²) < 4.78 is 19.3. The number of rotatable bonds is 7. The highest BCUT2D eigenvalue weighted by Crippen LogP contribution is 2.17. The second kappa shape index (κ2) is 8.54. The van der Waals surface area contributed by atoms with Crippen LogP contribution in [0.5, 0.6) is 5.75 Å². The quantitative estimate of drug-likeness (QED) is 0.751. The van der Waals surface area contributed by atoms with Crippen LogP contribution in [0.1, 0.15) is 18.4 Å². The molecule has 0 saturated carbocycles. The molecule has 0 heterocycles. The lowest BCUT2D eigenvalue weighted by Gasteiger charge is -2.07. The molecule has 2 rings (SSSR count). The highest BCUT2D eigenvalue weighted by molar-refractivity contribution is 9.10. The molecule has 116 valence electrons. The lowest BCUT2D eigenvalue weighted by Crippen LogP contribution is -2.22. The van der Waals surface area contributed by atoms with Gasteiger partial charge < -0.3 is 10.1 Å². The molecule has 0 aliphatic heterocycles. The van der Waals surface area contributed by atoms with Crippen molar-refractivity contribution in [2.45, 2.75) is 19.4 Å². The second-order valence-corrected chi connectivity index (χ2v) is 5.73. The molecule has 0 bridgehead atoms. The van der Waals surface area contributed by atoms with Crippen molar-refractivity contribution < 1.29 is 13.9 Å². The molecule has 0 aliphatic rings. The number of hydrogen-bond donors (Lipinski definition) is 1. The van der Waals surface area contributed by atoms with E-state index in [0.717, 1.165) is 15.8 Å². The Morgan fingerprint density at radius 3 is 2.68 bits per heavy atom. The number of carbonyl (C=O) groups is 1. The maximum Gasteiger partial charge on any atom is 0.220 e. The molecular formula is C17H17BrFNO2. The summed E-state index contributed by atoms with van der Waals surface area (Å²) in [6.07, 6.45) is 1.04. The summed E-state index contributed by atoms with van der Waals surface area (Å²) >= 11 is 3.37. The number of ether oxygens (including phenoxy) is 1. The minimum atomic E-state index is -0.278. The third-order valence-corrected chi connectivity index (χ3v) is 3.51. The summed E-state index contributed by atoms with van der Waals surface area (Å²) in [5.74, 6) is 0.461. The van der Waals surface area contributed by atoms with Gasteiger partial charge in [0.05, 0.1) is 6.61 Å². The standard InChI is InChI=1S/C17H17BrFNO2/c18-14-3-1-4-16(11-14)22-10-2-5-17(21)20-12-13-6-8-15(19)9-7-13/h1,3-4,6-9,11H,2,5,10,12H2,(H,20,21). The molecule has 5 heteroatoms. The van der Waals surface area contributed by atoms with Crippen LogP contribution in [-0.2, 0) is 11.3 Å². The Bertz CT molecular complexity index is 616. The van der Waals surface area contributed by atoms with Gasteiger partial charge in [0.25, 0.3) is 0 Å². The molecule has 0 spiro atoms. The van der Waals surface area contributed by atoms with Gasteiger partial charge in [-0.05, 0) is 42.3 Å². The van der Waals surface area contributed by atoms with E-state index in [2.05, 4.69) is 21.2 Å². The fourth-order valence-corrected chi connectivity index (χ4v) is 2.25. The summed E-state index contributed by atoms with van der Waals surface area (Å²) in [4.78, 5) is 11.7. The summed E-state index contributed by atoms with van der Waals surface area (Å²) in [7, 11) is 0. The van der Waals surface area contributed by atoms with E-state index in [9.17, 15) is 9.18 Å². The predicted molar refractivity (Wildman–Crippen MR) is 87.1 cm³/mol. The van der Waals surface area contributed by atoms with Crippen LogP contribution >= 0.6 is 15.9 Å². The molecule has 0 aliphatic carbocycles. The first-order valence-electron chi connectivity index (χ1n) is 7.03. The third kappa shape index (κ3) is 5.85. The van der Waals surface area contributed by atoms with Gasteiger partial charge in [0.15, 0.2) is 0 Å². The minimum Gasteiger partial charge on any atom is -0.494 e. The molecule has 0 saturated heterocycles. The average Bonchev–Trinajstić information content (AvgIpc) is 2.51. The highest BCUT2D eigenvalue weighted by Gasteiger charge is 2.02. The Labute approximate surface area is 137 Å². The molecule has 0 aromatic heterocycles. The number of amides is 1. The zero-order valence-corrected chi connectivity index (χ0v) is 13.6. The van der Waals surface area contributed by atoms with Crippen LogP contribution in [0, 0.1) is 5.82 Å². The number of nitrogens with one attached hydrogen (secondary N) is 1. The van der Waals surface area contributed by atoms with E-state index >= 15 is 0 Å². The van der Waals surface area contributed by atoms with Crippen molar-refractivity contribution in [1.29, 1.82) is 0 Å². The smallest absolute Gasteiger partial charge is 0.220 e. The van der Waals surface area contributed by atoms with Crippen molar-refractivity contribution in [3.8, 4) is 5.75 Å². The van der Waals surface area contributed by atoms with Gasteiger partial charge in [-0.15, -0.1) is 0 Å². The number of benzene rings is 2. The Hall–Kier alpha value is -1.88. The van der Waals surface area contributed by atoms with Crippen molar-refractivity contribution in [2.75, 3.05) is 6.61 Å². The van der Waals surface area contributed by atoms with Crippen molar-refractivity contribution >= 4 is 21.8 Å². The van der Waals surface area contributed by atoms with Crippen molar-refractivity contribution in [3.63, 3.8) is 0 Å². The van der Waals surface area contributed by atoms with Gasteiger partial charge in [-0.25, -0.2) is 4.39 Å². The lowest BCUT2D eigenvalue weighted by molar-refractivity contribution is -0.121. The molecule has 22 heavy (non-hydrogen) atoms. The minimum absolute atomic E-state index is 0.0397. The third-order valence-electron chi connectivity index (χ3n) is 3.02. The van der Waals surface area contributed by atoms with Gasteiger partial charge in [0.1, 0.15) is 11.6 Å². The lowest BCUT2D eigenvalue weighted by atomic mass is 10.2. The number of halogens is 2. The molecule has 0 unspecified atom stereocenters. The maximum atomic E-state index is 12.8. The normalized spacial score (nSPS) is 10.3. The molecule has 0 atom stereocenters. The van der Waals surface area contributed by atoms with Crippen molar-refractivity contribution in [2.24, 2.45) is 0 Å². The Morgan fingerprint density at radius 2 is 1.95 bits per heavy atom. The first-order chi connectivity index (χ1) is 10.6. The summed E-state index contributed by atoms with van der Waals surface area (Å²) in [5, 5.41) is 2.80. The van der Waals surface area contributed by atoms with E-state index in [1.165, 1.54) is 12.1 Å². The zero-order chi connectivity index (χ0) is 15.8. The van der Waals surface area contributed by atoms with Gasteiger partial charge >= 0.3 is 0 Å². The first kappa shape index (κ1) is 16.5. The van der Waals surface area contributed by atoms with E-state index < -0.39 is 0 Å². The van der Waals surface area contributed by atoms with Crippen LogP contribution in [-0.4, -0.2) is 12.5 Å². The largest absolute Gasteiger partial charge is 0.494 e. The monoisotopic (exact) mass is 365 g/mol. The molecule has 0 radical (unpaired) electrons. The van der Waals surface area contributed by atoms with Gasteiger partial charge in [0.2, 0.25) is 5.91 Å². The molecular weight excluding hydrogens is 349 g/mol. The van der Waals surface area contributed by atoms with Crippen molar-refractivity contribution in [1.82, 2.24) is 5.32 Å². The van der Waals surface area contributed by atoms with Gasteiger partial charge in [-0.2, -0.15) is 0 Å². The molecule has 2 aromatic rings. The van der Waals surface area contributed by atoms with E-state index in [0.29, 0.717) is 26.0 Å². The summed E-state index contributed by atoms with van der Waals surface area (Å²) in [6.45, 7) is 0.895. The molecule has 1 amide bonds. The van der Waals surface area contributed by atoms with Crippen LogP contribution in [0.25, 0.3) is 0 Å². The highest BCUT2D eigenvalue weighted by atomic mass is 79.9. The Morgan fingerprint density at radius 1 is 1.18 bits per heavy atom. The summed E-state index contributed by atoms with van der Waals surface area (Å²) in [5.41, 5.74) is 0.875. The molecule has 2 aromatic carbocycles. The van der Waals surface area contributed by atoms with E-state index in [-0.39, 0.29) is 11.7 Å². The van der Waals surface area contributed by atoms with E-state index in [1.807, 2.05) is 24.3 Å². The summed E-state index contributed by atoms with van der Waals surface area (Å²) in [6, 6.07) is 13.7. The number of carbonyl (C=O) groups excluding carboxylic acids is 1. The van der Waals surface area contributed by atoms with Crippen LogP contribution in [0.4, 0.5) is 4.39 Å². The fraction of sp³-hybridized carbons (Fsp3) is 0.235. The van der Waals surface area contributed by atoms with Crippen LogP contribution in [0.15, 0.2) is 53.0 Å². The average molecular weight is 366 g/mol. The fourth-order valence-electron chi connectivity index (χ4n) is 1.87. The molecule has 3 nitrogen and oxygen atoms in total. The van der Waals surface area contributed by atoms with Crippen LogP contribution < -0.4 is 10.1 Å². The van der Waals surface area contributed by atoms with E-state index in [4.69, 9.17) is 4.74 Å². The van der Waals surface area contributed by atoms with Gasteiger partial charge in [0, 0.05) is 17.4 Å². The topological polar surface area (TPSA) is 38.3 Å². The van der Waals surface area contributed by atoms with E-state index in [1.54, 1.807) is 12.1 Å². The van der Waals surface area contributed by atoms with Crippen LogP contribution in [0.2, 0.25) is 0 Å². The first-order valence-corrected chi connectivity index (χ1v) is 7.82. The number of hydrogen-bond acceptors (Lipinski definition) is 2. The Kier molecular flexibility index (Phi) is 6.40. The molecule has 0 fully saturated rings. The SMILES string of the molecule is O=C(CCCOc1cccc(Br)c1)NCc1ccc(F)cc1. The molecule has 1 N–H and O–H groups in total.